The minimum absolute atomic E-state index is 0.354. The van der Waals surface area contributed by atoms with Crippen LogP contribution in [0.15, 0.2) is 4.99 Å². The number of nitrogens with zero attached hydrogens (tertiary/aromatic N) is 1. The molecule has 1 saturated heterocycles. The van der Waals surface area contributed by atoms with Crippen molar-refractivity contribution in [2.75, 3.05) is 26.3 Å². The third-order valence-electron chi connectivity index (χ3n) is 2.66. The molecule has 5 heteroatoms. The maximum atomic E-state index is 10.1. The summed E-state index contributed by atoms with van der Waals surface area (Å²) in [5, 5.41) is 13.2. The van der Waals surface area contributed by atoms with Crippen LogP contribution < -0.4 is 11.1 Å². The molecule has 0 spiro atoms. The minimum atomic E-state index is -0.734. The molecule has 1 fully saturated rings. The van der Waals surface area contributed by atoms with Crippen molar-refractivity contribution in [3.8, 4) is 0 Å². The first-order chi connectivity index (χ1) is 7.52. The smallest absolute Gasteiger partial charge is 0.188 e. The highest BCUT2D eigenvalue weighted by Crippen LogP contribution is 2.20. The first-order valence-corrected chi connectivity index (χ1v) is 5.86. The standard InChI is InChI=1S/C11H23N3O2/c1-9(2)7-13-10(12)14-8-11(15)3-5-16-6-4-11/h9,15H,3-8H2,1-2H3,(H3,12,13,14). The van der Waals surface area contributed by atoms with Gasteiger partial charge in [-0.15, -0.1) is 0 Å². The monoisotopic (exact) mass is 229 g/mol. The lowest BCUT2D eigenvalue weighted by Gasteiger charge is -2.30. The summed E-state index contributed by atoms with van der Waals surface area (Å²) in [7, 11) is 0. The molecule has 1 aliphatic heterocycles. The Morgan fingerprint density at radius 1 is 1.50 bits per heavy atom. The molecule has 0 bridgehead atoms. The highest BCUT2D eigenvalue weighted by molar-refractivity contribution is 5.77. The topological polar surface area (TPSA) is 79.9 Å². The Morgan fingerprint density at radius 3 is 2.69 bits per heavy atom. The first-order valence-electron chi connectivity index (χ1n) is 5.86. The second-order valence-corrected chi connectivity index (χ2v) is 4.81. The molecule has 0 amide bonds. The van der Waals surface area contributed by atoms with Crippen LogP contribution in [-0.2, 0) is 4.74 Å². The predicted molar refractivity (Wildman–Crippen MR) is 64.3 cm³/mol. The van der Waals surface area contributed by atoms with Crippen LogP contribution in [0.5, 0.6) is 0 Å². The molecule has 16 heavy (non-hydrogen) atoms. The van der Waals surface area contributed by atoms with Crippen LogP contribution in [0.4, 0.5) is 0 Å². The summed E-state index contributed by atoms with van der Waals surface area (Å²) in [6, 6.07) is 0. The number of guanidine groups is 1. The lowest BCUT2D eigenvalue weighted by Crippen LogP contribution is -2.41. The zero-order valence-electron chi connectivity index (χ0n) is 10.2. The van der Waals surface area contributed by atoms with E-state index in [1.165, 1.54) is 0 Å². The van der Waals surface area contributed by atoms with Crippen molar-refractivity contribution in [3.05, 3.63) is 0 Å². The molecule has 0 atom stereocenters. The van der Waals surface area contributed by atoms with Crippen molar-refractivity contribution in [2.24, 2.45) is 16.6 Å². The fourth-order valence-electron chi connectivity index (χ4n) is 1.51. The molecule has 1 heterocycles. The fourth-order valence-corrected chi connectivity index (χ4v) is 1.51. The Bertz CT molecular complexity index is 235. The number of nitrogens with two attached hydrogens (primary N) is 1. The Balaban J connectivity index is 2.32. The molecule has 1 aliphatic rings. The van der Waals surface area contributed by atoms with Gasteiger partial charge in [-0.05, 0) is 5.92 Å². The zero-order valence-corrected chi connectivity index (χ0v) is 10.2. The highest BCUT2D eigenvalue weighted by Gasteiger charge is 2.29. The summed E-state index contributed by atoms with van der Waals surface area (Å²) in [6.45, 7) is 6.57. The van der Waals surface area contributed by atoms with Crippen molar-refractivity contribution in [3.63, 3.8) is 0 Å². The molecule has 0 aromatic heterocycles. The number of nitrogens with one attached hydrogen (secondary N) is 1. The van der Waals surface area contributed by atoms with E-state index in [9.17, 15) is 5.11 Å². The average molecular weight is 229 g/mol. The van der Waals surface area contributed by atoms with Gasteiger partial charge in [0, 0.05) is 32.6 Å². The predicted octanol–water partition coefficient (Wildman–Crippen LogP) is 0.0882. The normalized spacial score (nSPS) is 21.1. The van der Waals surface area contributed by atoms with Gasteiger partial charge in [-0.1, -0.05) is 13.8 Å². The van der Waals surface area contributed by atoms with Gasteiger partial charge >= 0.3 is 0 Å². The molecule has 0 radical (unpaired) electrons. The van der Waals surface area contributed by atoms with Crippen LogP contribution in [0.2, 0.25) is 0 Å². The molecular weight excluding hydrogens is 206 g/mol. The third-order valence-corrected chi connectivity index (χ3v) is 2.66. The molecule has 0 aromatic carbocycles. The van der Waals surface area contributed by atoms with E-state index in [1.807, 2.05) is 0 Å². The molecule has 94 valence electrons. The Labute approximate surface area is 97.1 Å². The summed E-state index contributed by atoms with van der Waals surface area (Å²) < 4.78 is 5.20. The minimum Gasteiger partial charge on any atom is -0.388 e. The lowest BCUT2D eigenvalue weighted by atomic mass is 9.95. The van der Waals surface area contributed by atoms with E-state index in [0.717, 1.165) is 6.54 Å². The van der Waals surface area contributed by atoms with E-state index in [-0.39, 0.29) is 0 Å². The van der Waals surface area contributed by atoms with E-state index in [4.69, 9.17) is 10.5 Å². The molecule has 0 aromatic rings. The molecular formula is C11H23N3O2. The Hall–Kier alpha value is -0.810. The summed E-state index contributed by atoms with van der Waals surface area (Å²) in [5.74, 6) is 0.938. The van der Waals surface area contributed by atoms with Crippen molar-refractivity contribution in [1.82, 2.24) is 5.32 Å². The van der Waals surface area contributed by atoms with Gasteiger partial charge in [-0.25, -0.2) is 0 Å². The number of aliphatic imine (C=N–C) groups is 1. The van der Waals surface area contributed by atoms with Gasteiger partial charge in [0.1, 0.15) is 0 Å². The largest absolute Gasteiger partial charge is 0.388 e. The van der Waals surface area contributed by atoms with Crippen molar-refractivity contribution >= 4 is 5.96 Å². The number of aliphatic hydroxyl groups is 1. The van der Waals surface area contributed by atoms with Crippen molar-refractivity contribution in [2.45, 2.75) is 32.3 Å². The van der Waals surface area contributed by atoms with Crippen LogP contribution >= 0.6 is 0 Å². The van der Waals surface area contributed by atoms with E-state index < -0.39 is 5.60 Å². The summed E-state index contributed by atoms with van der Waals surface area (Å²) in [4.78, 5) is 4.17. The van der Waals surface area contributed by atoms with Crippen LogP contribution in [-0.4, -0.2) is 43.0 Å². The van der Waals surface area contributed by atoms with Crippen molar-refractivity contribution < 1.29 is 9.84 Å². The molecule has 0 saturated carbocycles. The van der Waals surface area contributed by atoms with E-state index in [1.54, 1.807) is 0 Å². The van der Waals surface area contributed by atoms with Gasteiger partial charge in [-0.3, -0.25) is 4.99 Å². The lowest BCUT2D eigenvalue weighted by molar-refractivity contribution is -0.0565. The van der Waals surface area contributed by atoms with E-state index >= 15 is 0 Å². The van der Waals surface area contributed by atoms with Crippen LogP contribution in [0.25, 0.3) is 0 Å². The summed E-state index contributed by atoms with van der Waals surface area (Å²) >= 11 is 0. The molecule has 0 aliphatic carbocycles. The molecule has 5 nitrogen and oxygen atoms in total. The second-order valence-electron chi connectivity index (χ2n) is 4.81. The third kappa shape index (κ3) is 4.81. The van der Waals surface area contributed by atoms with Gasteiger partial charge < -0.3 is 20.9 Å². The van der Waals surface area contributed by atoms with Gasteiger partial charge in [0.2, 0.25) is 0 Å². The fraction of sp³-hybridized carbons (Fsp3) is 0.909. The highest BCUT2D eigenvalue weighted by atomic mass is 16.5. The first kappa shape index (κ1) is 13.3. The Morgan fingerprint density at radius 2 is 2.12 bits per heavy atom. The molecule has 1 rings (SSSR count). The second kappa shape index (κ2) is 6.06. The van der Waals surface area contributed by atoms with E-state index in [2.05, 4.69) is 24.2 Å². The molecule has 0 unspecified atom stereocenters. The maximum absolute atomic E-state index is 10.1. The Kier molecular flexibility index (Phi) is 5.02. The number of rotatable bonds is 4. The van der Waals surface area contributed by atoms with Crippen LogP contribution in [0, 0.1) is 5.92 Å². The SMILES string of the molecule is CC(C)CNC(N)=NCC1(O)CCOCC1. The van der Waals surface area contributed by atoms with E-state index in [0.29, 0.717) is 44.5 Å². The van der Waals surface area contributed by atoms with Gasteiger partial charge in [0.15, 0.2) is 5.96 Å². The average Bonchev–Trinajstić information content (AvgIpc) is 2.25. The van der Waals surface area contributed by atoms with Crippen molar-refractivity contribution in [1.29, 1.82) is 0 Å². The number of ether oxygens (including phenoxy) is 1. The zero-order chi connectivity index (χ0) is 12.0. The summed E-state index contributed by atoms with van der Waals surface area (Å²) in [5.41, 5.74) is 4.96. The quantitative estimate of drug-likeness (QED) is 0.471. The number of hydrogen-bond donors (Lipinski definition) is 3. The summed E-state index contributed by atoms with van der Waals surface area (Å²) in [6.07, 6.45) is 1.27. The number of hydrogen-bond acceptors (Lipinski definition) is 3. The molecule has 4 N–H and O–H groups in total. The van der Waals surface area contributed by atoms with Crippen LogP contribution in [0.1, 0.15) is 26.7 Å². The maximum Gasteiger partial charge on any atom is 0.188 e. The van der Waals surface area contributed by atoms with Gasteiger partial charge in [0.25, 0.3) is 0 Å². The van der Waals surface area contributed by atoms with Gasteiger partial charge in [-0.2, -0.15) is 0 Å². The van der Waals surface area contributed by atoms with Gasteiger partial charge in [0.05, 0.1) is 12.1 Å². The van der Waals surface area contributed by atoms with Crippen LogP contribution in [0.3, 0.4) is 0 Å².